The fourth-order valence-corrected chi connectivity index (χ4v) is 11.1. The highest BCUT2D eigenvalue weighted by atomic mass is 28.4. The Hall–Kier alpha value is -3.83. The van der Waals surface area contributed by atoms with Gasteiger partial charge in [0.2, 0.25) is 5.91 Å². The zero-order chi connectivity index (χ0) is 31.8. The van der Waals surface area contributed by atoms with Crippen LogP contribution in [0.3, 0.4) is 0 Å². The second-order valence-corrected chi connectivity index (χ2v) is 17.3. The fraction of sp³-hybridized carbons (Fsp3) is 0.400. The molecule has 4 heterocycles. The summed E-state index contributed by atoms with van der Waals surface area (Å²) in [5, 5.41) is 11.7. The van der Waals surface area contributed by atoms with Crippen LogP contribution >= 0.6 is 0 Å². The van der Waals surface area contributed by atoms with Crippen LogP contribution in [0.15, 0.2) is 67.3 Å². The van der Waals surface area contributed by atoms with E-state index in [4.69, 9.17) is 4.74 Å². The Morgan fingerprint density at radius 2 is 1.89 bits per heavy atom. The number of nitrogens with zero attached hydrogens (tertiary/aromatic N) is 3. The summed E-state index contributed by atoms with van der Waals surface area (Å²) in [6.07, 6.45) is 2.55. The summed E-state index contributed by atoms with van der Waals surface area (Å²) in [6, 6.07) is 16.9. The standard InChI is InChI=1S/C35H39N3O6Si/c1-5-16-37-27-15-14-23(38-28-13-7-10-22-9-6-12-25(31(22)28)33(38)41)18-26(27)35(34(37)42)21(2)32(45(3,4)43)29(44-35)19-30(40)36-17-8-11-24(36)20-39/h5-7,9-10,12-15,18,21,24,29,32,39,43H,1,8,11,16-17,19-20H2,2-4H3/t21-,24-,29+,32-,35+/m0/s1. The van der Waals surface area contributed by atoms with E-state index >= 15 is 0 Å². The number of aliphatic hydroxyl groups is 1. The van der Waals surface area contributed by atoms with Crippen molar-refractivity contribution in [2.45, 2.75) is 62.6 Å². The van der Waals surface area contributed by atoms with Gasteiger partial charge in [0.25, 0.3) is 11.8 Å². The fourth-order valence-electron chi connectivity index (χ4n) is 8.53. The lowest BCUT2D eigenvalue weighted by Gasteiger charge is -2.33. The van der Waals surface area contributed by atoms with Crippen LogP contribution in [0.5, 0.6) is 0 Å². The lowest BCUT2D eigenvalue weighted by Crippen LogP contribution is -2.46. The van der Waals surface area contributed by atoms with E-state index in [1.54, 1.807) is 20.8 Å². The monoisotopic (exact) mass is 625 g/mol. The van der Waals surface area contributed by atoms with Gasteiger partial charge < -0.3 is 24.4 Å². The van der Waals surface area contributed by atoms with Gasteiger partial charge in [0.1, 0.15) is 0 Å². The van der Waals surface area contributed by atoms with Crippen molar-refractivity contribution in [3.8, 4) is 0 Å². The molecule has 45 heavy (non-hydrogen) atoms. The van der Waals surface area contributed by atoms with Gasteiger partial charge in [-0.05, 0) is 61.7 Å². The van der Waals surface area contributed by atoms with E-state index in [9.17, 15) is 24.3 Å². The molecule has 0 saturated carbocycles. The van der Waals surface area contributed by atoms with E-state index in [2.05, 4.69) is 6.58 Å². The molecule has 4 aliphatic rings. The molecule has 3 aromatic rings. The molecule has 0 aromatic heterocycles. The average Bonchev–Trinajstić information content (AvgIpc) is 3.74. The highest BCUT2D eigenvalue weighted by molar-refractivity contribution is 6.71. The number of anilines is 3. The van der Waals surface area contributed by atoms with Crippen LogP contribution in [0, 0.1) is 5.92 Å². The second-order valence-electron chi connectivity index (χ2n) is 13.4. The number of aliphatic hydroxyl groups excluding tert-OH is 1. The zero-order valence-electron chi connectivity index (χ0n) is 25.9. The van der Waals surface area contributed by atoms with E-state index in [1.807, 2.05) is 74.6 Å². The van der Waals surface area contributed by atoms with Gasteiger partial charge in [0.05, 0.1) is 42.1 Å². The van der Waals surface area contributed by atoms with Crippen molar-refractivity contribution in [3.05, 3.63) is 78.4 Å². The predicted molar refractivity (Wildman–Crippen MR) is 175 cm³/mol. The van der Waals surface area contributed by atoms with Crippen molar-refractivity contribution >= 4 is 53.9 Å². The maximum atomic E-state index is 14.6. The van der Waals surface area contributed by atoms with Crippen LogP contribution in [-0.4, -0.2) is 72.7 Å². The van der Waals surface area contributed by atoms with Crippen LogP contribution in [0.4, 0.5) is 17.1 Å². The van der Waals surface area contributed by atoms with E-state index < -0.39 is 31.5 Å². The number of carbonyl (C=O) groups is 3. The van der Waals surface area contributed by atoms with Crippen LogP contribution in [0.1, 0.15) is 42.1 Å². The van der Waals surface area contributed by atoms with Crippen molar-refractivity contribution in [2.75, 3.05) is 29.5 Å². The summed E-state index contributed by atoms with van der Waals surface area (Å²) in [4.78, 5) is 58.7. The molecule has 3 amide bonds. The molecule has 234 valence electrons. The number of likely N-dealkylation sites (tertiary alicyclic amines) is 1. The maximum absolute atomic E-state index is 14.6. The summed E-state index contributed by atoms with van der Waals surface area (Å²) >= 11 is 0. The normalized spacial score (nSPS) is 27.4. The first-order valence-corrected chi connectivity index (χ1v) is 18.8. The van der Waals surface area contributed by atoms with Crippen molar-refractivity contribution < 1.29 is 29.0 Å². The Morgan fingerprint density at radius 1 is 1.13 bits per heavy atom. The molecule has 2 fully saturated rings. The third-order valence-electron chi connectivity index (χ3n) is 10.4. The highest BCUT2D eigenvalue weighted by Crippen LogP contribution is 2.60. The Kier molecular flexibility index (Phi) is 7.05. The molecule has 7 rings (SSSR count). The van der Waals surface area contributed by atoms with Crippen LogP contribution in [0.2, 0.25) is 18.6 Å². The molecule has 9 nitrogen and oxygen atoms in total. The van der Waals surface area contributed by atoms with Crippen molar-refractivity contribution in [3.63, 3.8) is 0 Å². The van der Waals surface area contributed by atoms with Gasteiger partial charge in [-0.15, -0.1) is 6.58 Å². The van der Waals surface area contributed by atoms with E-state index in [1.165, 1.54) is 0 Å². The number of fused-ring (bicyclic) bond motifs is 2. The number of carbonyl (C=O) groups excluding carboxylic acids is 3. The van der Waals surface area contributed by atoms with Gasteiger partial charge in [-0.2, -0.15) is 0 Å². The van der Waals surface area contributed by atoms with Gasteiger partial charge in [0.15, 0.2) is 13.9 Å². The Bertz CT molecular complexity index is 1750. The molecule has 0 unspecified atom stereocenters. The summed E-state index contributed by atoms with van der Waals surface area (Å²) in [7, 11) is -2.99. The third kappa shape index (κ3) is 4.26. The lowest BCUT2D eigenvalue weighted by atomic mass is 9.82. The second kappa shape index (κ2) is 10.6. The molecule has 2 N–H and O–H groups in total. The number of benzene rings is 3. The maximum Gasteiger partial charge on any atom is 0.264 e. The molecule has 2 saturated heterocycles. The minimum atomic E-state index is -2.99. The smallest absolute Gasteiger partial charge is 0.264 e. The highest BCUT2D eigenvalue weighted by Gasteiger charge is 2.66. The molecule has 0 radical (unpaired) electrons. The first-order chi connectivity index (χ1) is 21.5. The van der Waals surface area contributed by atoms with Gasteiger partial charge in [-0.3, -0.25) is 19.3 Å². The van der Waals surface area contributed by atoms with Crippen molar-refractivity contribution in [2.24, 2.45) is 5.92 Å². The van der Waals surface area contributed by atoms with E-state index in [0.29, 0.717) is 29.0 Å². The molecule has 1 spiro atoms. The predicted octanol–water partition coefficient (Wildman–Crippen LogP) is 4.84. The summed E-state index contributed by atoms with van der Waals surface area (Å²) in [5.74, 6) is -0.995. The van der Waals surface area contributed by atoms with Crippen molar-refractivity contribution in [1.29, 1.82) is 0 Å². The quantitative estimate of drug-likeness (QED) is 0.287. The average molecular weight is 626 g/mol. The van der Waals surface area contributed by atoms with Crippen LogP contribution < -0.4 is 9.80 Å². The Labute approximate surface area is 263 Å². The molecule has 10 heteroatoms. The molecule has 0 aliphatic carbocycles. The van der Waals surface area contributed by atoms with Crippen LogP contribution in [-0.2, 0) is 19.9 Å². The van der Waals surface area contributed by atoms with Gasteiger partial charge in [-0.25, -0.2) is 0 Å². The molecule has 5 atom stereocenters. The molecule has 3 aromatic carbocycles. The molecular weight excluding hydrogens is 586 g/mol. The van der Waals surface area contributed by atoms with Crippen LogP contribution in [0.25, 0.3) is 10.8 Å². The molecule has 4 aliphatic heterocycles. The lowest BCUT2D eigenvalue weighted by molar-refractivity contribution is -0.149. The van der Waals surface area contributed by atoms with E-state index in [0.717, 1.165) is 29.3 Å². The molecule has 0 bridgehead atoms. The number of rotatable bonds is 7. The summed E-state index contributed by atoms with van der Waals surface area (Å²) in [5.41, 5.74) is 1.44. The third-order valence-corrected chi connectivity index (χ3v) is 12.9. The first-order valence-electron chi connectivity index (χ1n) is 15.8. The summed E-state index contributed by atoms with van der Waals surface area (Å²) < 4.78 is 6.88. The van der Waals surface area contributed by atoms with Gasteiger partial charge in [-0.1, -0.05) is 37.3 Å². The molecular formula is C35H39N3O6Si. The zero-order valence-corrected chi connectivity index (χ0v) is 26.9. The largest absolute Gasteiger partial charge is 0.432 e. The minimum absolute atomic E-state index is 0.00985. The van der Waals surface area contributed by atoms with Crippen molar-refractivity contribution in [1.82, 2.24) is 4.90 Å². The summed E-state index contributed by atoms with van der Waals surface area (Å²) in [6.45, 7) is 10.2. The topological polar surface area (TPSA) is 111 Å². The minimum Gasteiger partial charge on any atom is -0.432 e. The Balaban J connectivity index is 1.33. The number of hydrogen-bond donors (Lipinski definition) is 2. The first kappa shape index (κ1) is 29.9. The number of amides is 3. The van der Waals surface area contributed by atoms with Gasteiger partial charge in [0, 0.05) is 41.2 Å². The number of hydrogen-bond acceptors (Lipinski definition) is 6. The Morgan fingerprint density at radius 3 is 2.60 bits per heavy atom. The SMILES string of the molecule is C=CCN1C(=O)[C@]2(O[C@H](CC(=O)N3CCC[C@H]3CO)[C@@H]([Si](C)(C)O)[C@@H]2C)c2cc(N3C(=O)c4cccc5cccc3c45)ccc21. The van der Waals surface area contributed by atoms with Gasteiger partial charge >= 0.3 is 0 Å². The number of ether oxygens (including phenoxy) is 1. The van der Waals surface area contributed by atoms with E-state index in [-0.39, 0.29) is 43.3 Å².